The minimum absolute atomic E-state index is 0.147. The molecule has 0 saturated carbocycles. The van der Waals surface area contributed by atoms with Gasteiger partial charge in [0.05, 0.1) is 17.8 Å². The van der Waals surface area contributed by atoms with Crippen LogP contribution in [0.2, 0.25) is 0 Å². The number of nitrogens with one attached hydrogen (secondary N) is 1. The lowest BCUT2D eigenvalue weighted by atomic mass is 9.87. The molecule has 2 aromatic rings. The molecule has 0 aliphatic carbocycles. The van der Waals surface area contributed by atoms with Gasteiger partial charge in [-0.1, -0.05) is 30.3 Å². The van der Waals surface area contributed by atoms with E-state index in [4.69, 9.17) is 0 Å². The number of piperidine rings is 1. The van der Waals surface area contributed by atoms with Crippen LogP contribution in [-0.4, -0.2) is 32.6 Å². The van der Waals surface area contributed by atoms with Crippen LogP contribution in [0.25, 0.3) is 11.3 Å². The molecule has 2 aliphatic rings. The van der Waals surface area contributed by atoms with Crippen molar-refractivity contribution in [3.8, 4) is 11.3 Å². The van der Waals surface area contributed by atoms with Gasteiger partial charge in [0, 0.05) is 23.7 Å². The Kier molecular flexibility index (Phi) is 3.77. The van der Waals surface area contributed by atoms with E-state index in [0.29, 0.717) is 24.9 Å². The Hall–Kier alpha value is -1.98. The highest BCUT2D eigenvalue weighted by atomic mass is 16.3. The second-order valence-corrected chi connectivity index (χ2v) is 7.31. The van der Waals surface area contributed by atoms with Gasteiger partial charge in [-0.15, -0.1) is 0 Å². The van der Waals surface area contributed by atoms with Gasteiger partial charge in [-0.3, -0.25) is 4.79 Å². The van der Waals surface area contributed by atoms with E-state index < -0.39 is 5.60 Å². The topological polar surface area (TPSA) is 67.2 Å². The van der Waals surface area contributed by atoms with E-state index in [2.05, 4.69) is 10.4 Å². The summed E-state index contributed by atoms with van der Waals surface area (Å²) in [6.07, 6.45) is 3.59. The summed E-state index contributed by atoms with van der Waals surface area (Å²) >= 11 is 0. The van der Waals surface area contributed by atoms with Crippen LogP contribution >= 0.6 is 0 Å². The van der Waals surface area contributed by atoms with Crippen molar-refractivity contribution >= 4 is 0 Å². The zero-order valence-electron chi connectivity index (χ0n) is 13.9. The van der Waals surface area contributed by atoms with Crippen molar-refractivity contribution < 1.29 is 5.11 Å². The maximum absolute atomic E-state index is 12.4. The lowest BCUT2D eigenvalue weighted by Crippen LogP contribution is -2.51. The molecule has 5 heteroatoms. The smallest absolute Gasteiger partial charge is 0.267 e. The lowest BCUT2D eigenvalue weighted by Gasteiger charge is -2.37. The normalized spacial score (nSPS) is 28.9. The number of fused-ring (bicyclic) bond motifs is 2. The summed E-state index contributed by atoms with van der Waals surface area (Å²) in [6.45, 7) is 2.17. The van der Waals surface area contributed by atoms with Gasteiger partial charge < -0.3 is 10.4 Å². The standard InChI is InChI=1S/C19H23N3O2/c1-13-9-17(23)22(21-18(13)14-5-3-2-4-6-14)12-19(24)10-15-7-8-16(11-19)20-15/h2-6,9,15-16,20,24H,7-8,10-12H2,1H3/t15-,16-/m1/s1. The summed E-state index contributed by atoms with van der Waals surface area (Å²) in [7, 11) is 0. The summed E-state index contributed by atoms with van der Waals surface area (Å²) in [5, 5.41) is 19.1. The fraction of sp³-hybridized carbons (Fsp3) is 0.474. The van der Waals surface area contributed by atoms with Crippen molar-refractivity contribution in [2.24, 2.45) is 0 Å². The van der Waals surface area contributed by atoms with Crippen LogP contribution in [0.3, 0.4) is 0 Å². The number of benzene rings is 1. The first kappa shape index (κ1) is 15.5. The van der Waals surface area contributed by atoms with Crippen molar-refractivity contribution in [2.45, 2.75) is 56.8 Å². The monoisotopic (exact) mass is 325 g/mol. The Morgan fingerprint density at radius 2 is 1.92 bits per heavy atom. The molecule has 3 heterocycles. The fourth-order valence-electron chi connectivity index (χ4n) is 4.20. The molecular formula is C19H23N3O2. The molecule has 24 heavy (non-hydrogen) atoms. The first-order chi connectivity index (χ1) is 11.5. The number of rotatable bonds is 3. The Morgan fingerprint density at radius 1 is 1.25 bits per heavy atom. The predicted octanol–water partition coefficient (Wildman–Crippen LogP) is 1.86. The SMILES string of the molecule is Cc1cc(=O)n(CC2(O)C[C@H]3CC[C@H](C2)N3)nc1-c1ccccc1. The van der Waals surface area contributed by atoms with Gasteiger partial charge in [0.1, 0.15) is 0 Å². The summed E-state index contributed by atoms with van der Waals surface area (Å²) in [6, 6.07) is 12.2. The molecule has 1 aromatic carbocycles. The Labute approximate surface area is 141 Å². The van der Waals surface area contributed by atoms with E-state index in [1.165, 1.54) is 4.68 Å². The molecule has 2 fully saturated rings. The highest BCUT2D eigenvalue weighted by molar-refractivity contribution is 5.61. The van der Waals surface area contributed by atoms with Crippen LogP contribution in [-0.2, 0) is 6.54 Å². The quantitative estimate of drug-likeness (QED) is 0.904. The van der Waals surface area contributed by atoms with Crippen LogP contribution in [0.1, 0.15) is 31.2 Å². The molecular weight excluding hydrogens is 302 g/mol. The summed E-state index contributed by atoms with van der Waals surface area (Å²) in [4.78, 5) is 12.4. The van der Waals surface area contributed by atoms with Crippen molar-refractivity contribution in [3.63, 3.8) is 0 Å². The largest absolute Gasteiger partial charge is 0.388 e. The summed E-state index contributed by atoms with van der Waals surface area (Å²) < 4.78 is 1.44. The molecule has 2 saturated heterocycles. The van der Waals surface area contributed by atoms with E-state index in [1.54, 1.807) is 6.07 Å². The molecule has 2 aliphatic heterocycles. The van der Waals surface area contributed by atoms with Crippen molar-refractivity contribution in [3.05, 3.63) is 52.3 Å². The molecule has 0 spiro atoms. The maximum Gasteiger partial charge on any atom is 0.267 e. The fourth-order valence-corrected chi connectivity index (χ4v) is 4.20. The Balaban J connectivity index is 1.67. The van der Waals surface area contributed by atoms with E-state index in [-0.39, 0.29) is 12.1 Å². The Morgan fingerprint density at radius 3 is 2.58 bits per heavy atom. The van der Waals surface area contributed by atoms with Gasteiger partial charge in [0.2, 0.25) is 0 Å². The van der Waals surface area contributed by atoms with Crippen molar-refractivity contribution in [2.75, 3.05) is 0 Å². The number of nitrogens with zero attached hydrogens (tertiary/aromatic N) is 2. The summed E-state index contributed by atoms with van der Waals surface area (Å²) in [5.41, 5.74) is 1.65. The van der Waals surface area contributed by atoms with Crippen LogP contribution in [0, 0.1) is 6.92 Å². The average molecular weight is 325 g/mol. The average Bonchev–Trinajstić information content (AvgIpc) is 2.90. The highest BCUT2D eigenvalue weighted by Crippen LogP contribution is 2.34. The predicted molar refractivity (Wildman–Crippen MR) is 92.8 cm³/mol. The number of aryl methyl sites for hydroxylation is 1. The van der Waals surface area contributed by atoms with Crippen molar-refractivity contribution in [1.29, 1.82) is 0 Å². The van der Waals surface area contributed by atoms with Crippen LogP contribution in [0.15, 0.2) is 41.2 Å². The van der Waals surface area contributed by atoms with Gasteiger partial charge in [0.25, 0.3) is 5.56 Å². The molecule has 5 nitrogen and oxygen atoms in total. The maximum atomic E-state index is 12.4. The van der Waals surface area contributed by atoms with Gasteiger partial charge in [0.15, 0.2) is 0 Å². The molecule has 0 amide bonds. The molecule has 2 atom stereocenters. The van der Waals surface area contributed by atoms with Gasteiger partial charge in [-0.2, -0.15) is 5.10 Å². The summed E-state index contributed by atoms with van der Waals surface area (Å²) in [5.74, 6) is 0. The minimum atomic E-state index is -0.850. The third kappa shape index (κ3) is 2.89. The van der Waals surface area contributed by atoms with Gasteiger partial charge in [-0.05, 0) is 38.2 Å². The van der Waals surface area contributed by atoms with E-state index >= 15 is 0 Å². The lowest BCUT2D eigenvalue weighted by molar-refractivity contribution is -0.0249. The molecule has 4 rings (SSSR count). The first-order valence-electron chi connectivity index (χ1n) is 8.65. The molecule has 1 aromatic heterocycles. The van der Waals surface area contributed by atoms with Gasteiger partial charge in [-0.25, -0.2) is 4.68 Å². The number of aliphatic hydroxyl groups is 1. The highest BCUT2D eigenvalue weighted by Gasteiger charge is 2.43. The first-order valence-corrected chi connectivity index (χ1v) is 8.65. The van der Waals surface area contributed by atoms with E-state index in [1.807, 2.05) is 37.3 Å². The van der Waals surface area contributed by atoms with Crippen LogP contribution in [0.5, 0.6) is 0 Å². The second kappa shape index (κ2) is 5.83. The number of aromatic nitrogens is 2. The number of hydrogen-bond acceptors (Lipinski definition) is 4. The van der Waals surface area contributed by atoms with Crippen LogP contribution in [0.4, 0.5) is 0 Å². The molecule has 2 N–H and O–H groups in total. The third-order valence-electron chi connectivity index (χ3n) is 5.27. The molecule has 0 unspecified atom stereocenters. The molecule has 0 radical (unpaired) electrons. The number of hydrogen-bond donors (Lipinski definition) is 2. The van der Waals surface area contributed by atoms with E-state index in [0.717, 1.165) is 29.7 Å². The van der Waals surface area contributed by atoms with Gasteiger partial charge >= 0.3 is 0 Å². The minimum Gasteiger partial charge on any atom is -0.388 e. The Bertz CT molecular complexity index is 788. The zero-order chi connectivity index (χ0) is 16.7. The molecule has 2 bridgehead atoms. The zero-order valence-corrected chi connectivity index (χ0v) is 13.9. The van der Waals surface area contributed by atoms with Crippen molar-refractivity contribution in [1.82, 2.24) is 15.1 Å². The van der Waals surface area contributed by atoms with Crippen LogP contribution < -0.4 is 10.9 Å². The third-order valence-corrected chi connectivity index (χ3v) is 5.27. The molecule has 126 valence electrons. The second-order valence-electron chi connectivity index (χ2n) is 7.31. The van der Waals surface area contributed by atoms with E-state index in [9.17, 15) is 9.90 Å².